The number of halogens is 2. The molecule has 0 unspecified atom stereocenters. The van der Waals surface area contributed by atoms with Crippen molar-refractivity contribution in [1.29, 1.82) is 0 Å². The minimum atomic E-state index is 0. The van der Waals surface area contributed by atoms with Gasteiger partial charge in [-0.15, -0.1) is 12.4 Å². The van der Waals surface area contributed by atoms with Crippen molar-refractivity contribution >= 4 is 45.9 Å². The standard InChI is InChI=1S/C9H9IN2.ClH/c10-7-1-2-9-8(3-7)6(4-11)5-12-9;/h1-3,5,12H,4,11H2;1H. The van der Waals surface area contributed by atoms with Gasteiger partial charge in [0.25, 0.3) is 0 Å². The molecule has 0 saturated heterocycles. The fourth-order valence-electron chi connectivity index (χ4n) is 1.32. The second kappa shape index (κ2) is 4.30. The Morgan fingerprint density at radius 3 is 2.85 bits per heavy atom. The van der Waals surface area contributed by atoms with Crippen LogP contribution < -0.4 is 5.73 Å². The normalized spacial score (nSPS) is 10.0. The maximum atomic E-state index is 5.59. The molecule has 2 aromatic rings. The Labute approximate surface area is 96.4 Å². The van der Waals surface area contributed by atoms with Crippen LogP contribution in [0.2, 0.25) is 0 Å². The highest BCUT2D eigenvalue weighted by molar-refractivity contribution is 14.1. The monoisotopic (exact) mass is 308 g/mol. The molecule has 0 spiro atoms. The van der Waals surface area contributed by atoms with Crippen LogP contribution in [0.25, 0.3) is 10.9 Å². The van der Waals surface area contributed by atoms with Crippen LogP contribution in [-0.2, 0) is 6.54 Å². The molecule has 2 nitrogen and oxygen atoms in total. The van der Waals surface area contributed by atoms with E-state index in [-0.39, 0.29) is 12.4 Å². The summed E-state index contributed by atoms with van der Waals surface area (Å²) in [5, 5.41) is 1.24. The van der Waals surface area contributed by atoms with Gasteiger partial charge >= 0.3 is 0 Å². The Kier molecular flexibility index (Phi) is 3.58. The van der Waals surface area contributed by atoms with Crippen LogP contribution in [0, 0.1) is 3.57 Å². The van der Waals surface area contributed by atoms with Crippen LogP contribution in [0.1, 0.15) is 5.56 Å². The number of benzene rings is 1. The lowest BCUT2D eigenvalue weighted by Crippen LogP contribution is -1.93. The lowest BCUT2D eigenvalue weighted by atomic mass is 10.2. The Balaban J connectivity index is 0.000000845. The third kappa shape index (κ3) is 1.98. The van der Waals surface area contributed by atoms with Crippen molar-refractivity contribution in [1.82, 2.24) is 4.98 Å². The molecule has 0 amide bonds. The van der Waals surface area contributed by atoms with E-state index in [0.29, 0.717) is 6.54 Å². The third-order valence-electron chi connectivity index (χ3n) is 1.95. The van der Waals surface area contributed by atoms with E-state index in [1.54, 1.807) is 0 Å². The SMILES string of the molecule is Cl.NCc1c[nH]c2ccc(I)cc12. The van der Waals surface area contributed by atoms with Crippen molar-refractivity contribution in [2.75, 3.05) is 0 Å². The van der Waals surface area contributed by atoms with Gasteiger partial charge in [0.15, 0.2) is 0 Å². The molecule has 3 N–H and O–H groups in total. The highest BCUT2D eigenvalue weighted by atomic mass is 127. The van der Waals surface area contributed by atoms with Crippen molar-refractivity contribution in [3.63, 3.8) is 0 Å². The molecule has 0 bridgehead atoms. The van der Waals surface area contributed by atoms with Gasteiger partial charge in [-0.3, -0.25) is 0 Å². The summed E-state index contributed by atoms with van der Waals surface area (Å²) in [7, 11) is 0. The van der Waals surface area contributed by atoms with E-state index in [1.807, 2.05) is 6.20 Å². The van der Waals surface area contributed by atoms with Gasteiger partial charge in [-0.2, -0.15) is 0 Å². The molecule has 70 valence electrons. The average Bonchev–Trinajstić information content (AvgIpc) is 2.46. The van der Waals surface area contributed by atoms with Crippen molar-refractivity contribution in [3.05, 3.63) is 33.5 Å². The van der Waals surface area contributed by atoms with Crippen LogP contribution in [0.5, 0.6) is 0 Å². The minimum absolute atomic E-state index is 0. The number of aromatic nitrogens is 1. The molecule has 0 radical (unpaired) electrons. The van der Waals surface area contributed by atoms with Crippen LogP contribution in [0.3, 0.4) is 0 Å². The summed E-state index contributed by atoms with van der Waals surface area (Å²) < 4.78 is 1.24. The van der Waals surface area contributed by atoms with Gasteiger partial charge in [-0.25, -0.2) is 0 Å². The zero-order valence-corrected chi connectivity index (χ0v) is 9.85. The summed E-state index contributed by atoms with van der Waals surface area (Å²) in [4.78, 5) is 3.18. The van der Waals surface area contributed by atoms with Gasteiger partial charge in [-0.1, -0.05) is 0 Å². The first-order valence-electron chi connectivity index (χ1n) is 3.77. The summed E-state index contributed by atoms with van der Waals surface area (Å²) in [5.74, 6) is 0. The summed E-state index contributed by atoms with van der Waals surface area (Å²) in [6.07, 6.45) is 1.97. The predicted molar refractivity (Wildman–Crippen MR) is 66.2 cm³/mol. The van der Waals surface area contributed by atoms with Crippen molar-refractivity contribution < 1.29 is 0 Å². The van der Waals surface area contributed by atoms with Crippen LogP contribution >= 0.6 is 35.0 Å². The fourth-order valence-corrected chi connectivity index (χ4v) is 1.81. The van der Waals surface area contributed by atoms with E-state index in [0.717, 1.165) is 5.52 Å². The number of hydrogen-bond acceptors (Lipinski definition) is 1. The topological polar surface area (TPSA) is 41.8 Å². The van der Waals surface area contributed by atoms with E-state index >= 15 is 0 Å². The fraction of sp³-hybridized carbons (Fsp3) is 0.111. The van der Waals surface area contributed by atoms with Gasteiger partial charge in [0.1, 0.15) is 0 Å². The molecular weight excluding hydrogens is 298 g/mol. The molecule has 0 aliphatic carbocycles. The third-order valence-corrected chi connectivity index (χ3v) is 2.62. The maximum Gasteiger partial charge on any atom is 0.0458 e. The number of H-pyrrole nitrogens is 1. The molecule has 13 heavy (non-hydrogen) atoms. The van der Waals surface area contributed by atoms with Gasteiger partial charge in [-0.05, 0) is 46.4 Å². The maximum absolute atomic E-state index is 5.59. The van der Waals surface area contributed by atoms with E-state index in [2.05, 4.69) is 45.8 Å². The molecule has 0 saturated carbocycles. The summed E-state index contributed by atoms with van der Waals surface area (Å²) >= 11 is 2.30. The number of aromatic amines is 1. The number of nitrogens with one attached hydrogen (secondary N) is 1. The molecular formula is C9H10ClIN2. The predicted octanol–water partition coefficient (Wildman–Crippen LogP) is 2.65. The number of nitrogens with two attached hydrogens (primary N) is 1. The molecule has 1 aromatic heterocycles. The number of hydrogen-bond donors (Lipinski definition) is 2. The molecule has 0 aliphatic heterocycles. The van der Waals surface area contributed by atoms with E-state index in [9.17, 15) is 0 Å². The zero-order valence-electron chi connectivity index (χ0n) is 6.88. The second-order valence-electron chi connectivity index (χ2n) is 2.71. The van der Waals surface area contributed by atoms with Crippen LogP contribution in [0.4, 0.5) is 0 Å². The highest BCUT2D eigenvalue weighted by Crippen LogP contribution is 2.20. The molecule has 0 atom stereocenters. The van der Waals surface area contributed by atoms with Crippen molar-refractivity contribution in [2.24, 2.45) is 5.73 Å². The number of rotatable bonds is 1. The Bertz CT molecular complexity index is 411. The number of fused-ring (bicyclic) bond motifs is 1. The Hall–Kier alpha value is -0.260. The lowest BCUT2D eigenvalue weighted by molar-refractivity contribution is 1.08. The second-order valence-corrected chi connectivity index (χ2v) is 3.95. The first kappa shape index (κ1) is 10.8. The van der Waals surface area contributed by atoms with Gasteiger partial charge < -0.3 is 10.7 Å². The Morgan fingerprint density at radius 2 is 2.15 bits per heavy atom. The largest absolute Gasteiger partial charge is 0.361 e. The van der Waals surface area contributed by atoms with Crippen molar-refractivity contribution in [3.8, 4) is 0 Å². The lowest BCUT2D eigenvalue weighted by Gasteiger charge is -1.94. The average molecular weight is 309 g/mol. The smallest absolute Gasteiger partial charge is 0.0458 e. The van der Waals surface area contributed by atoms with Gasteiger partial charge in [0.2, 0.25) is 0 Å². The van der Waals surface area contributed by atoms with E-state index < -0.39 is 0 Å². The molecule has 1 heterocycles. The molecule has 0 aliphatic rings. The minimum Gasteiger partial charge on any atom is -0.361 e. The van der Waals surface area contributed by atoms with E-state index in [4.69, 9.17) is 5.73 Å². The molecule has 1 aromatic carbocycles. The van der Waals surface area contributed by atoms with Crippen LogP contribution in [0.15, 0.2) is 24.4 Å². The molecule has 2 rings (SSSR count). The Morgan fingerprint density at radius 1 is 1.38 bits per heavy atom. The molecule has 0 fully saturated rings. The van der Waals surface area contributed by atoms with Gasteiger partial charge in [0, 0.05) is 27.2 Å². The molecule has 4 heteroatoms. The first-order valence-corrected chi connectivity index (χ1v) is 4.84. The summed E-state index contributed by atoms with van der Waals surface area (Å²) in [5.41, 5.74) is 7.93. The highest BCUT2D eigenvalue weighted by Gasteiger charge is 2.00. The summed E-state index contributed by atoms with van der Waals surface area (Å²) in [6, 6.07) is 6.31. The summed E-state index contributed by atoms with van der Waals surface area (Å²) in [6.45, 7) is 0.597. The van der Waals surface area contributed by atoms with E-state index in [1.165, 1.54) is 14.5 Å². The van der Waals surface area contributed by atoms with Crippen molar-refractivity contribution in [2.45, 2.75) is 6.54 Å². The van der Waals surface area contributed by atoms with Gasteiger partial charge in [0.05, 0.1) is 0 Å². The first-order chi connectivity index (χ1) is 5.81. The van der Waals surface area contributed by atoms with Crippen LogP contribution in [-0.4, -0.2) is 4.98 Å². The zero-order chi connectivity index (χ0) is 8.55. The quantitative estimate of drug-likeness (QED) is 0.781.